The van der Waals surface area contributed by atoms with Crippen LogP contribution in [-0.2, 0) is 0 Å². The minimum atomic E-state index is -4.53. The van der Waals surface area contributed by atoms with Crippen molar-refractivity contribution in [2.75, 3.05) is 0 Å². The van der Waals surface area contributed by atoms with Gasteiger partial charge in [-0.05, 0) is 30.2 Å². The van der Waals surface area contributed by atoms with Crippen LogP contribution in [0.5, 0.6) is 0 Å². The molecule has 0 aliphatic rings. The number of carbonyl (C=O) groups is 1. The molecule has 88 valence electrons. The van der Waals surface area contributed by atoms with Gasteiger partial charge in [-0.25, -0.2) is 4.79 Å². The van der Waals surface area contributed by atoms with Crippen molar-refractivity contribution in [1.29, 1.82) is 0 Å². The highest BCUT2D eigenvalue weighted by molar-refractivity contribution is 5.87. The molecule has 0 heterocycles. The lowest BCUT2D eigenvalue weighted by atomic mass is 9.99. The van der Waals surface area contributed by atoms with Crippen LogP contribution in [-0.4, -0.2) is 17.3 Å². The standard InChI is InChI=1S/C10H10F3NO2/c1-5-4-6(9(15)16)2-3-7(5)8(14)10(11,12)13/h2-4,8H,14H2,1H3,(H,15,16)/t8-/m0/s1. The first-order chi connectivity index (χ1) is 7.23. The highest BCUT2D eigenvalue weighted by Crippen LogP contribution is 2.32. The zero-order valence-electron chi connectivity index (χ0n) is 8.38. The Morgan fingerprint density at radius 2 is 2.00 bits per heavy atom. The Kier molecular flexibility index (Phi) is 3.23. The average molecular weight is 233 g/mol. The summed E-state index contributed by atoms with van der Waals surface area (Å²) in [4.78, 5) is 10.6. The summed E-state index contributed by atoms with van der Waals surface area (Å²) in [6.07, 6.45) is -4.53. The van der Waals surface area contributed by atoms with E-state index in [1.165, 1.54) is 13.0 Å². The van der Waals surface area contributed by atoms with Crippen molar-refractivity contribution in [2.24, 2.45) is 5.73 Å². The summed E-state index contributed by atoms with van der Waals surface area (Å²) in [7, 11) is 0. The zero-order valence-corrected chi connectivity index (χ0v) is 8.38. The fourth-order valence-corrected chi connectivity index (χ4v) is 1.33. The van der Waals surface area contributed by atoms with Gasteiger partial charge in [0.15, 0.2) is 0 Å². The summed E-state index contributed by atoms with van der Waals surface area (Å²) in [5.41, 5.74) is 5.07. The molecule has 0 saturated heterocycles. The number of benzene rings is 1. The molecule has 6 heteroatoms. The lowest BCUT2D eigenvalue weighted by molar-refractivity contribution is -0.149. The number of rotatable bonds is 2. The molecule has 0 radical (unpaired) electrons. The van der Waals surface area contributed by atoms with Crippen LogP contribution in [0.3, 0.4) is 0 Å². The number of hydrogen-bond acceptors (Lipinski definition) is 2. The number of aromatic carboxylic acids is 1. The molecule has 1 aromatic rings. The van der Waals surface area contributed by atoms with Crippen LogP contribution in [0.2, 0.25) is 0 Å². The van der Waals surface area contributed by atoms with Gasteiger partial charge in [-0.15, -0.1) is 0 Å². The maximum Gasteiger partial charge on any atom is 0.407 e. The van der Waals surface area contributed by atoms with Crippen LogP contribution in [0.25, 0.3) is 0 Å². The summed E-state index contributed by atoms with van der Waals surface area (Å²) >= 11 is 0. The van der Waals surface area contributed by atoms with Crippen LogP contribution in [0.1, 0.15) is 27.5 Å². The van der Waals surface area contributed by atoms with E-state index in [1.807, 2.05) is 0 Å². The molecule has 0 unspecified atom stereocenters. The van der Waals surface area contributed by atoms with Crippen LogP contribution < -0.4 is 5.73 Å². The van der Waals surface area contributed by atoms with Gasteiger partial charge in [0.25, 0.3) is 0 Å². The Balaban J connectivity index is 3.13. The van der Waals surface area contributed by atoms with Crippen LogP contribution in [0, 0.1) is 6.92 Å². The molecule has 0 aliphatic carbocycles. The Morgan fingerprint density at radius 1 is 1.44 bits per heavy atom. The van der Waals surface area contributed by atoms with Crippen molar-refractivity contribution < 1.29 is 23.1 Å². The summed E-state index contributed by atoms with van der Waals surface area (Å²) in [6.45, 7) is 1.40. The molecule has 16 heavy (non-hydrogen) atoms. The molecule has 0 spiro atoms. The first-order valence-corrected chi connectivity index (χ1v) is 4.39. The van der Waals surface area contributed by atoms with Crippen molar-refractivity contribution in [2.45, 2.75) is 19.1 Å². The predicted octanol–water partition coefficient (Wildman–Crippen LogP) is 2.26. The molecular weight excluding hydrogens is 223 g/mol. The molecular formula is C10H10F3NO2. The highest BCUT2D eigenvalue weighted by Gasteiger charge is 2.38. The smallest absolute Gasteiger partial charge is 0.407 e. The fraction of sp³-hybridized carbons (Fsp3) is 0.300. The number of alkyl halides is 3. The normalized spacial score (nSPS) is 13.6. The van der Waals surface area contributed by atoms with E-state index in [2.05, 4.69) is 0 Å². The van der Waals surface area contributed by atoms with Crippen molar-refractivity contribution in [3.8, 4) is 0 Å². The Labute approximate surface area is 89.7 Å². The molecule has 0 aliphatic heterocycles. The summed E-state index contributed by atoms with van der Waals surface area (Å²) in [5, 5.41) is 8.65. The quantitative estimate of drug-likeness (QED) is 0.823. The molecule has 0 aromatic heterocycles. The van der Waals surface area contributed by atoms with Crippen LogP contribution in [0.4, 0.5) is 13.2 Å². The van der Waals surface area contributed by atoms with Gasteiger partial charge in [-0.1, -0.05) is 6.07 Å². The van der Waals surface area contributed by atoms with E-state index >= 15 is 0 Å². The third-order valence-electron chi connectivity index (χ3n) is 2.20. The lowest BCUT2D eigenvalue weighted by Crippen LogP contribution is -2.29. The second-order valence-electron chi connectivity index (χ2n) is 3.40. The zero-order chi connectivity index (χ0) is 12.5. The van der Waals surface area contributed by atoms with Crippen molar-refractivity contribution >= 4 is 5.97 Å². The minimum Gasteiger partial charge on any atom is -0.478 e. The highest BCUT2D eigenvalue weighted by atomic mass is 19.4. The molecule has 0 bridgehead atoms. The second-order valence-corrected chi connectivity index (χ2v) is 3.40. The SMILES string of the molecule is Cc1cc(C(=O)O)ccc1[C@H](N)C(F)(F)F. The van der Waals surface area contributed by atoms with E-state index in [1.54, 1.807) is 0 Å². The summed E-state index contributed by atoms with van der Waals surface area (Å²) in [6, 6.07) is 1.28. The van der Waals surface area contributed by atoms with E-state index in [4.69, 9.17) is 10.8 Å². The first kappa shape index (κ1) is 12.5. The van der Waals surface area contributed by atoms with Crippen LogP contribution >= 0.6 is 0 Å². The van der Waals surface area contributed by atoms with Gasteiger partial charge >= 0.3 is 12.1 Å². The Morgan fingerprint density at radius 3 is 2.38 bits per heavy atom. The van der Waals surface area contributed by atoms with Crippen molar-refractivity contribution in [1.82, 2.24) is 0 Å². The Hall–Kier alpha value is -1.56. The number of halogens is 3. The maximum atomic E-state index is 12.3. The van der Waals surface area contributed by atoms with Crippen molar-refractivity contribution in [3.63, 3.8) is 0 Å². The summed E-state index contributed by atoms with van der Waals surface area (Å²) in [5.74, 6) is -1.18. The van der Waals surface area contributed by atoms with Gasteiger partial charge in [-0.2, -0.15) is 13.2 Å². The van der Waals surface area contributed by atoms with Gasteiger partial charge in [0.2, 0.25) is 0 Å². The first-order valence-electron chi connectivity index (χ1n) is 4.39. The van der Waals surface area contributed by atoms with E-state index in [0.717, 1.165) is 12.1 Å². The predicted molar refractivity (Wildman–Crippen MR) is 51.1 cm³/mol. The van der Waals surface area contributed by atoms with E-state index < -0.39 is 18.2 Å². The van der Waals surface area contributed by atoms with E-state index in [9.17, 15) is 18.0 Å². The molecule has 0 fully saturated rings. The molecule has 3 nitrogen and oxygen atoms in total. The van der Waals surface area contributed by atoms with Gasteiger partial charge in [0.1, 0.15) is 6.04 Å². The minimum absolute atomic E-state index is 0.0596. The molecule has 1 atom stereocenters. The topological polar surface area (TPSA) is 63.3 Å². The monoisotopic (exact) mass is 233 g/mol. The second kappa shape index (κ2) is 4.13. The van der Waals surface area contributed by atoms with Gasteiger partial charge < -0.3 is 10.8 Å². The van der Waals surface area contributed by atoms with Gasteiger partial charge in [0.05, 0.1) is 5.56 Å². The average Bonchev–Trinajstić information content (AvgIpc) is 2.15. The lowest BCUT2D eigenvalue weighted by Gasteiger charge is -2.18. The van der Waals surface area contributed by atoms with Crippen molar-refractivity contribution in [3.05, 3.63) is 34.9 Å². The Bertz CT molecular complexity index is 415. The molecule has 0 saturated carbocycles. The summed E-state index contributed by atoms with van der Waals surface area (Å²) < 4.78 is 37.0. The molecule has 0 amide bonds. The maximum absolute atomic E-state index is 12.3. The van der Waals surface area contributed by atoms with E-state index in [-0.39, 0.29) is 16.7 Å². The number of carboxylic acids is 1. The number of aryl methyl sites for hydroxylation is 1. The van der Waals surface area contributed by atoms with E-state index in [0.29, 0.717) is 0 Å². The van der Waals surface area contributed by atoms with Crippen LogP contribution in [0.15, 0.2) is 18.2 Å². The third kappa shape index (κ3) is 2.52. The molecule has 1 rings (SSSR count). The fourth-order valence-electron chi connectivity index (χ4n) is 1.33. The molecule has 1 aromatic carbocycles. The third-order valence-corrected chi connectivity index (χ3v) is 2.20. The number of hydrogen-bond donors (Lipinski definition) is 2. The van der Waals surface area contributed by atoms with Gasteiger partial charge in [-0.3, -0.25) is 0 Å². The number of nitrogens with two attached hydrogens (primary N) is 1. The van der Waals surface area contributed by atoms with Gasteiger partial charge in [0, 0.05) is 0 Å². The molecule has 3 N–H and O–H groups in total. The largest absolute Gasteiger partial charge is 0.478 e. The number of carboxylic acid groups (broad SMARTS) is 1.